The van der Waals surface area contributed by atoms with Crippen molar-refractivity contribution in [3.8, 4) is 5.69 Å². The molecule has 5 nitrogen and oxygen atoms in total. The fraction of sp³-hybridized carbons (Fsp3) is 0.417. The fourth-order valence-corrected chi connectivity index (χ4v) is 4.47. The molecule has 6 heteroatoms. The summed E-state index contributed by atoms with van der Waals surface area (Å²) in [5, 5.41) is 3.11. The number of likely N-dealkylation sites (tertiary alicyclic amines) is 1. The van der Waals surface area contributed by atoms with Crippen LogP contribution in [0, 0.1) is 5.92 Å². The lowest BCUT2D eigenvalue weighted by Crippen LogP contribution is -2.43. The Morgan fingerprint density at radius 2 is 2.00 bits per heavy atom. The minimum atomic E-state index is 0.0705. The average molecular weight is 469 g/mol. The van der Waals surface area contributed by atoms with Gasteiger partial charge in [0, 0.05) is 23.2 Å². The summed E-state index contributed by atoms with van der Waals surface area (Å²) < 4.78 is 3.30. The first-order valence-corrected chi connectivity index (χ1v) is 11.7. The van der Waals surface area contributed by atoms with E-state index in [2.05, 4.69) is 80.1 Å². The number of nitrogens with one attached hydrogen (secondary N) is 1. The Bertz CT molecular complexity index is 998. The lowest BCUT2D eigenvalue weighted by atomic mass is 9.97. The molecule has 1 aromatic heterocycles. The maximum atomic E-state index is 12.6. The van der Waals surface area contributed by atoms with Crippen molar-refractivity contribution in [2.24, 2.45) is 5.92 Å². The first kappa shape index (κ1) is 21.1. The molecule has 1 N–H and O–H groups in total. The molecule has 1 aliphatic heterocycles. The Morgan fingerprint density at radius 3 is 2.80 bits per heavy atom. The molecule has 4 rings (SSSR count). The van der Waals surface area contributed by atoms with Gasteiger partial charge >= 0.3 is 0 Å². The molecule has 1 aliphatic rings. The van der Waals surface area contributed by atoms with E-state index in [-0.39, 0.29) is 11.8 Å². The number of carbonyl (C=O) groups is 1. The molecule has 0 radical (unpaired) electrons. The zero-order valence-electron chi connectivity index (χ0n) is 17.5. The van der Waals surface area contributed by atoms with Crippen LogP contribution < -0.4 is 5.32 Å². The SMILES string of the molecule is CCCCNC(=O)[C@@H]1CCCN(Cc2nc3ccccc3n2-c2ccc(Br)cc2)C1. The van der Waals surface area contributed by atoms with E-state index >= 15 is 0 Å². The number of benzene rings is 2. The van der Waals surface area contributed by atoms with Gasteiger partial charge in [-0.15, -0.1) is 0 Å². The van der Waals surface area contributed by atoms with Crippen molar-refractivity contribution in [2.45, 2.75) is 39.2 Å². The molecule has 3 aromatic rings. The van der Waals surface area contributed by atoms with Gasteiger partial charge in [0.05, 0.1) is 23.5 Å². The number of halogens is 1. The van der Waals surface area contributed by atoms with E-state index in [1.807, 2.05) is 6.07 Å². The van der Waals surface area contributed by atoms with Gasteiger partial charge in [0.2, 0.25) is 5.91 Å². The highest BCUT2D eigenvalue weighted by Gasteiger charge is 2.27. The Kier molecular flexibility index (Phi) is 6.85. The third-order valence-electron chi connectivity index (χ3n) is 5.79. The number of hydrogen-bond acceptors (Lipinski definition) is 3. The van der Waals surface area contributed by atoms with Gasteiger partial charge in [-0.2, -0.15) is 0 Å². The summed E-state index contributed by atoms with van der Waals surface area (Å²) in [6.45, 7) is 5.46. The summed E-state index contributed by atoms with van der Waals surface area (Å²) in [5.41, 5.74) is 3.22. The van der Waals surface area contributed by atoms with Crippen LogP contribution in [0.15, 0.2) is 53.0 Å². The van der Waals surface area contributed by atoms with Gasteiger partial charge in [0.1, 0.15) is 5.82 Å². The van der Waals surface area contributed by atoms with Crippen molar-refractivity contribution >= 4 is 32.9 Å². The van der Waals surface area contributed by atoms with E-state index < -0.39 is 0 Å². The lowest BCUT2D eigenvalue weighted by Gasteiger charge is -2.31. The van der Waals surface area contributed by atoms with E-state index in [4.69, 9.17) is 4.98 Å². The van der Waals surface area contributed by atoms with Crippen LogP contribution in [-0.4, -0.2) is 40.0 Å². The minimum Gasteiger partial charge on any atom is -0.356 e. The number of imidazole rings is 1. The van der Waals surface area contributed by atoms with Crippen molar-refractivity contribution in [1.29, 1.82) is 0 Å². The fourth-order valence-electron chi connectivity index (χ4n) is 4.21. The third-order valence-corrected chi connectivity index (χ3v) is 6.31. The van der Waals surface area contributed by atoms with Gasteiger partial charge in [-0.25, -0.2) is 4.98 Å². The zero-order chi connectivity index (χ0) is 20.9. The van der Waals surface area contributed by atoms with Crippen LogP contribution in [0.3, 0.4) is 0 Å². The number of unbranched alkanes of at least 4 members (excludes halogenated alkanes) is 1. The largest absolute Gasteiger partial charge is 0.356 e. The second-order valence-electron chi connectivity index (χ2n) is 8.05. The minimum absolute atomic E-state index is 0.0705. The van der Waals surface area contributed by atoms with Crippen LogP contribution in [0.25, 0.3) is 16.7 Å². The Balaban J connectivity index is 1.55. The van der Waals surface area contributed by atoms with E-state index in [1.165, 1.54) is 0 Å². The highest BCUT2D eigenvalue weighted by Crippen LogP contribution is 2.25. The standard InChI is InChI=1S/C24H29BrN4O/c1-2-3-14-26-24(30)18-7-6-15-28(16-18)17-23-27-21-8-4-5-9-22(21)29(23)20-12-10-19(25)11-13-20/h4-5,8-13,18H,2-3,6-7,14-17H2,1H3,(H,26,30)/t18-/m1/s1. The van der Waals surface area contributed by atoms with E-state index in [0.717, 1.165) is 78.9 Å². The maximum absolute atomic E-state index is 12.6. The molecule has 1 amide bonds. The molecular weight excluding hydrogens is 440 g/mol. The van der Waals surface area contributed by atoms with Gasteiger partial charge in [-0.1, -0.05) is 41.4 Å². The topological polar surface area (TPSA) is 50.2 Å². The molecule has 0 unspecified atom stereocenters. The summed E-state index contributed by atoms with van der Waals surface area (Å²) >= 11 is 3.53. The Hall–Kier alpha value is -2.18. The van der Waals surface area contributed by atoms with Crippen LogP contribution >= 0.6 is 15.9 Å². The second-order valence-corrected chi connectivity index (χ2v) is 8.96. The smallest absolute Gasteiger partial charge is 0.224 e. The molecule has 1 atom stereocenters. The van der Waals surface area contributed by atoms with Crippen molar-refractivity contribution in [3.63, 3.8) is 0 Å². The molecule has 1 fully saturated rings. The highest BCUT2D eigenvalue weighted by molar-refractivity contribution is 9.10. The molecule has 0 spiro atoms. The molecule has 158 valence electrons. The molecular formula is C24H29BrN4O. The van der Waals surface area contributed by atoms with Gasteiger partial charge in [-0.3, -0.25) is 14.3 Å². The summed E-state index contributed by atoms with van der Waals surface area (Å²) in [6, 6.07) is 16.6. The molecule has 0 bridgehead atoms. The quantitative estimate of drug-likeness (QED) is 0.500. The number of para-hydroxylation sites is 2. The predicted octanol–water partition coefficient (Wildman–Crippen LogP) is 4.92. The molecule has 0 aliphatic carbocycles. The summed E-state index contributed by atoms with van der Waals surface area (Å²) in [7, 11) is 0. The van der Waals surface area contributed by atoms with Crippen LogP contribution in [0.5, 0.6) is 0 Å². The van der Waals surface area contributed by atoms with Crippen LogP contribution in [0.1, 0.15) is 38.4 Å². The van der Waals surface area contributed by atoms with Crippen molar-refractivity contribution < 1.29 is 4.79 Å². The van der Waals surface area contributed by atoms with Crippen LogP contribution in [-0.2, 0) is 11.3 Å². The molecule has 2 heterocycles. The second kappa shape index (κ2) is 9.75. The summed E-state index contributed by atoms with van der Waals surface area (Å²) in [6.07, 6.45) is 4.16. The normalized spacial score (nSPS) is 17.3. The zero-order valence-corrected chi connectivity index (χ0v) is 19.1. The first-order valence-electron chi connectivity index (χ1n) is 10.9. The number of fused-ring (bicyclic) bond motifs is 1. The van der Waals surface area contributed by atoms with Gasteiger partial charge in [-0.05, 0) is 62.2 Å². The summed E-state index contributed by atoms with van der Waals surface area (Å²) in [5.74, 6) is 1.29. The van der Waals surface area contributed by atoms with Crippen LogP contribution in [0.4, 0.5) is 0 Å². The van der Waals surface area contributed by atoms with Crippen LogP contribution in [0.2, 0.25) is 0 Å². The average Bonchev–Trinajstić information content (AvgIpc) is 3.12. The van der Waals surface area contributed by atoms with Crippen molar-refractivity contribution in [3.05, 3.63) is 58.8 Å². The number of nitrogens with zero attached hydrogens (tertiary/aromatic N) is 3. The van der Waals surface area contributed by atoms with Gasteiger partial charge in [0.25, 0.3) is 0 Å². The van der Waals surface area contributed by atoms with Gasteiger partial charge < -0.3 is 5.32 Å². The number of hydrogen-bond donors (Lipinski definition) is 1. The monoisotopic (exact) mass is 468 g/mol. The lowest BCUT2D eigenvalue weighted by molar-refractivity contribution is -0.126. The summed E-state index contributed by atoms with van der Waals surface area (Å²) in [4.78, 5) is 19.9. The van der Waals surface area contributed by atoms with Crippen molar-refractivity contribution in [1.82, 2.24) is 19.8 Å². The Labute approximate surface area is 186 Å². The third kappa shape index (κ3) is 4.76. The molecule has 0 saturated carbocycles. The number of piperidine rings is 1. The number of rotatable bonds is 7. The van der Waals surface area contributed by atoms with E-state index in [9.17, 15) is 4.79 Å². The van der Waals surface area contributed by atoms with Gasteiger partial charge in [0.15, 0.2) is 0 Å². The van der Waals surface area contributed by atoms with E-state index in [1.54, 1.807) is 0 Å². The number of amides is 1. The number of carbonyl (C=O) groups excluding carboxylic acids is 1. The predicted molar refractivity (Wildman–Crippen MR) is 125 cm³/mol. The number of aromatic nitrogens is 2. The molecule has 1 saturated heterocycles. The Morgan fingerprint density at radius 1 is 1.20 bits per heavy atom. The van der Waals surface area contributed by atoms with E-state index in [0.29, 0.717) is 0 Å². The maximum Gasteiger partial charge on any atom is 0.224 e. The molecule has 30 heavy (non-hydrogen) atoms. The first-order chi connectivity index (χ1) is 14.7. The highest BCUT2D eigenvalue weighted by atomic mass is 79.9. The molecule has 2 aromatic carbocycles. The van der Waals surface area contributed by atoms with Crippen molar-refractivity contribution in [2.75, 3.05) is 19.6 Å².